The average Bonchev–Trinajstić information content (AvgIpc) is 3.15. The Balaban J connectivity index is 1.94. The van der Waals surface area contributed by atoms with Gasteiger partial charge in [-0.25, -0.2) is 13.5 Å². The van der Waals surface area contributed by atoms with Crippen molar-refractivity contribution in [2.75, 3.05) is 26.9 Å². The number of aliphatic hydroxyl groups excluding tert-OH is 1. The van der Waals surface area contributed by atoms with Gasteiger partial charge in [0.15, 0.2) is 12.4 Å². The Bertz CT molecular complexity index is 883. The van der Waals surface area contributed by atoms with E-state index in [0.29, 0.717) is 28.6 Å². The molecule has 0 aliphatic rings. The van der Waals surface area contributed by atoms with Gasteiger partial charge in [0.05, 0.1) is 19.4 Å². The van der Waals surface area contributed by atoms with E-state index in [2.05, 4.69) is 10.1 Å². The molecule has 3 rings (SSSR count). The van der Waals surface area contributed by atoms with Crippen LogP contribution in [0.15, 0.2) is 48.5 Å². The standard InChI is InChI=1S/C19H19F2N3O4/c1-26-15-8-4-14(5-9-15)24-18(22-19(23-24)28-12-17(20)21)13-2-6-16(7-3-13)27-11-10-25/h2-9,17,25H,10-12H2,1H3. The van der Waals surface area contributed by atoms with Crippen LogP contribution in [0.25, 0.3) is 17.1 Å². The number of halogens is 2. The quantitative estimate of drug-likeness (QED) is 0.604. The van der Waals surface area contributed by atoms with Gasteiger partial charge in [0, 0.05) is 5.56 Å². The lowest BCUT2D eigenvalue weighted by Crippen LogP contribution is -2.08. The number of rotatable bonds is 9. The maximum Gasteiger partial charge on any atom is 0.336 e. The summed E-state index contributed by atoms with van der Waals surface area (Å²) < 4.78 is 41.9. The van der Waals surface area contributed by atoms with Crippen LogP contribution in [0, 0.1) is 0 Å². The van der Waals surface area contributed by atoms with Crippen LogP contribution in [0.3, 0.4) is 0 Å². The summed E-state index contributed by atoms with van der Waals surface area (Å²) in [7, 11) is 1.56. The molecule has 1 aromatic heterocycles. The molecule has 1 heterocycles. The molecule has 0 radical (unpaired) electrons. The molecule has 148 valence electrons. The highest BCUT2D eigenvalue weighted by Crippen LogP contribution is 2.26. The minimum absolute atomic E-state index is 0.0849. The summed E-state index contributed by atoms with van der Waals surface area (Å²) in [4.78, 5) is 4.25. The number of benzene rings is 2. The monoisotopic (exact) mass is 391 g/mol. The minimum atomic E-state index is -2.63. The normalized spacial score (nSPS) is 10.9. The van der Waals surface area contributed by atoms with E-state index < -0.39 is 13.0 Å². The van der Waals surface area contributed by atoms with Gasteiger partial charge < -0.3 is 19.3 Å². The molecule has 0 spiro atoms. The van der Waals surface area contributed by atoms with Crippen molar-refractivity contribution < 1.29 is 28.1 Å². The van der Waals surface area contributed by atoms with Gasteiger partial charge in [-0.05, 0) is 48.5 Å². The number of alkyl halides is 2. The molecule has 0 unspecified atom stereocenters. The van der Waals surface area contributed by atoms with E-state index in [1.165, 1.54) is 4.68 Å². The second-order valence-corrected chi connectivity index (χ2v) is 5.63. The Hall–Kier alpha value is -3.20. The lowest BCUT2D eigenvalue weighted by Gasteiger charge is -2.08. The van der Waals surface area contributed by atoms with Crippen molar-refractivity contribution in [3.8, 4) is 34.6 Å². The number of ether oxygens (including phenoxy) is 3. The van der Waals surface area contributed by atoms with Gasteiger partial charge >= 0.3 is 6.01 Å². The fourth-order valence-corrected chi connectivity index (χ4v) is 2.45. The van der Waals surface area contributed by atoms with E-state index in [9.17, 15) is 8.78 Å². The summed E-state index contributed by atoms with van der Waals surface area (Å²) in [6.07, 6.45) is -2.63. The van der Waals surface area contributed by atoms with Gasteiger partial charge in [0.1, 0.15) is 18.1 Å². The largest absolute Gasteiger partial charge is 0.497 e. The Morgan fingerprint density at radius 3 is 2.29 bits per heavy atom. The van der Waals surface area contributed by atoms with Crippen molar-refractivity contribution in [3.63, 3.8) is 0 Å². The van der Waals surface area contributed by atoms with Crippen molar-refractivity contribution in [3.05, 3.63) is 48.5 Å². The molecule has 0 aliphatic heterocycles. The molecule has 1 N–H and O–H groups in total. The Labute approximate surface area is 160 Å². The van der Waals surface area contributed by atoms with E-state index in [4.69, 9.17) is 19.3 Å². The van der Waals surface area contributed by atoms with Crippen molar-refractivity contribution in [2.45, 2.75) is 6.43 Å². The Kier molecular flexibility index (Phi) is 6.38. The number of hydrogen-bond donors (Lipinski definition) is 1. The number of hydrogen-bond acceptors (Lipinski definition) is 6. The molecular formula is C19H19F2N3O4. The third-order valence-corrected chi connectivity index (χ3v) is 3.72. The zero-order chi connectivity index (χ0) is 19.9. The van der Waals surface area contributed by atoms with Crippen LogP contribution in [0.2, 0.25) is 0 Å². The zero-order valence-electron chi connectivity index (χ0n) is 15.1. The molecule has 2 aromatic carbocycles. The molecule has 0 atom stereocenters. The Morgan fingerprint density at radius 1 is 1.00 bits per heavy atom. The minimum Gasteiger partial charge on any atom is -0.497 e. The molecule has 3 aromatic rings. The summed E-state index contributed by atoms with van der Waals surface area (Å²) in [5.41, 5.74) is 1.35. The van der Waals surface area contributed by atoms with Gasteiger partial charge in [-0.1, -0.05) is 0 Å². The van der Waals surface area contributed by atoms with Gasteiger partial charge in [0.2, 0.25) is 0 Å². The molecule has 0 saturated heterocycles. The SMILES string of the molecule is COc1ccc(-n2nc(OCC(F)F)nc2-c2ccc(OCCO)cc2)cc1. The second kappa shape index (κ2) is 9.14. The van der Waals surface area contributed by atoms with Crippen molar-refractivity contribution >= 4 is 0 Å². The molecule has 0 bridgehead atoms. The summed E-state index contributed by atoms with van der Waals surface area (Å²) >= 11 is 0. The predicted molar refractivity (Wildman–Crippen MR) is 97.4 cm³/mol. The number of aromatic nitrogens is 3. The zero-order valence-corrected chi connectivity index (χ0v) is 15.1. The fourth-order valence-electron chi connectivity index (χ4n) is 2.45. The second-order valence-electron chi connectivity index (χ2n) is 5.63. The van der Waals surface area contributed by atoms with Gasteiger partial charge in [0.25, 0.3) is 6.43 Å². The molecule has 9 heteroatoms. The third-order valence-electron chi connectivity index (χ3n) is 3.72. The van der Waals surface area contributed by atoms with Crippen molar-refractivity contribution in [1.82, 2.24) is 14.8 Å². The number of aliphatic hydroxyl groups is 1. The Morgan fingerprint density at radius 2 is 1.68 bits per heavy atom. The average molecular weight is 391 g/mol. The molecule has 0 aliphatic carbocycles. The maximum absolute atomic E-state index is 12.5. The van der Waals surface area contributed by atoms with Crippen LogP contribution < -0.4 is 14.2 Å². The van der Waals surface area contributed by atoms with E-state index in [-0.39, 0.29) is 19.2 Å². The van der Waals surface area contributed by atoms with Crippen molar-refractivity contribution in [2.24, 2.45) is 0 Å². The first kappa shape index (κ1) is 19.6. The van der Waals surface area contributed by atoms with E-state index in [0.717, 1.165) is 0 Å². The summed E-state index contributed by atoms with van der Waals surface area (Å²) in [5, 5.41) is 13.0. The molecular weight excluding hydrogens is 372 g/mol. The highest BCUT2D eigenvalue weighted by molar-refractivity contribution is 5.59. The summed E-state index contributed by atoms with van der Waals surface area (Å²) in [6.45, 7) is -0.689. The highest BCUT2D eigenvalue weighted by Gasteiger charge is 2.16. The molecule has 28 heavy (non-hydrogen) atoms. The lowest BCUT2D eigenvalue weighted by molar-refractivity contribution is 0.0771. The molecule has 0 fully saturated rings. The number of nitrogens with zero attached hydrogens (tertiary/aromatic N) is 3. The highest BCUT2D eigenvalue weighted by atomic mass is 19.3. The maximum atomic E-state index is 12.5. The van der Waals surface area contributed by atoms with Gasteiger partial charge in [-0.3, -0.25) is 0 Å². The van der Waals surface area contributed by atoms with Crippen molar-refractivity contribution in [1.29, 1.82) is 0 Å². The smallest absolute Gasteiger partial charge is 0.336 e. The molecule has 7 nitrogen and oxygen atoms in total. The van der Waals surface area contributed by atoms with E-state index in [1.807, 2.05) is 0 Å². The summed E-state index contributed by atoms with van der Waals surface area (Å²) in [6, 6.07) is 13.9. The van der Waals surface area contributed by atoms with Crippen LogP contribution in [0.1, 0.15) is 0 Å². The van der Waals surface area contributed by atoms with Crippen LogP contribution in [0.4, 0.5) is 8.78 Å². The predicted octanol–water partition coefficient (Wildman–Crippen LogP) is 2.96. The third kappa shape index (κ3) is 4.74. The van der Waals surface area contributed by atoms with E-state index in [1.54, 1.807) is 55.6 Å². The first-order chi connectivity index (χ1) is 13.6. The molecule has 0 amide bonds. The van der Waals surface area contributed by atoms with E-state index >= 15 is 0 Å². The van der Waals surface area contributed by atoms with Gasteiger partial charge in [-0.15, -0.1) is 5.10 Å². The first-order valence-electron chi connectivity index (χ1n) is 8.47. The van der Waals surface area contributed by atoms with Crippen LogP contribution in [-0.4, -0.2) is 53.2 Å². The van der Waals surface area contributed by atoms with Crippen LogP contribution in [0.5, 0.6) is 17.5 Å². The topological polar surface area (TPSA) is 78.6 Å². The molecule has 0 saturated carbocycles. The van der Waals surface area contributed by atoms with Crippen LogP contribution >= 0.6 is 0 Å². The summed E-state index contributed by atoms with van der Waals surface area (Å²) in [5.74, 6) is 1.68. The van der Waals surface area contributed by atoms with Crippen LogP contribution in [-0.2, 0) is 0 Å². The number of methoxy groups -OCH3 is 1. The fraction of sp³-hybridized carbons (Fsp3) is 0.263. The van der Waals surface area contributed by atoms with Gasteiger partial charge in [-0.2, -0.15) is 4.98 Å². The lowest BCUT2D eigenvalue weighted by atomic mass is 10.2. The first-order valence-corrected chi connectivity index (χ1v) is 8.47.